The lowest BCUT2D eigenvalue weighted by Crippen LogP contribution is -2.49. The summed E-state index contributed by atoms with van der Waals surface area (Å²) >= 11 is 0. The number of nitrogens with zero attached hydrogens (tertiary/aromatic N) is 3. The summed E-state index contributed by atoms with van der Waals surface area (Å²) in [5.41, 5.74) is 2.63. The van der Waals surface area contributed by atoms with Crippen LogP contribution >= 0.6 is 0 Å². The number of amides is 1. The molecule has 2 aromatic carbocycles. The summed E-state index contributed by atoms with van der Waals surface area (Å²) in [4.78, 5) is 20.0. The lowest BCUT2D eigenvalue weighted by molar-refractivity contribution is -0.134. The third-order valence-corrected chi connectivity index (χ3v) is 7.04. The van der Waals surface area contributed by atoms with Gasteiger partial charge in [0, 0.05) is 51.3 Å². The molecule has 4 rings (SSSR count). The number of piperidine rings is 1. The number of para-hydroxylation sites is 1. The maximum atomic E-state index is 12.9. The van der Waals surface area contributed by atoms with Gasteiger partial charge in [-0.15, -0.1) is 0 Å². The molecular formula is C27H37N3O2. The zero-order valence-electron chi connectivity index (χ0n) is 19.4. The topological polar surface area (TPSA) is 36.0 Å². The van der Waals surface area contributed by atoms with Gasteiger partial charge in [0.15, 0.2) is 0 Å². The van der Waals surface area contributed by atoms with Crippen molar-refractivity contribution in [2.24, 2.45) is 5.92 Å². The monoisotopic (exact) mass is 435 g/mol. The summed E-state index contributed by atoms with van der Waals surface area (Å²) in [5, 5.41) is 0. The van der Waals surface area contributed by atoms with E-state index in [-0.39, 0.29) is 0 Å². The summed E-state index contributed by atoms with van der Waals surface area (Å²) in [6, 6.07) is 18.9. The Hall–Kier alpha value is -2.37. The molecule has 0 aromatic heterocycles. The normalized spacial score (nSPS) is 18.6. The van der Waals surface area contributed by atoms with Gasteiger partial charge in [0.1, 0.15) is 5.75 Å². The zero-order chi connectivity index (χ0) is 22.2. The Morgan fingerprint density at radius 3 is 2.28 bits per heavy atom. The number of ether oxygens (including phenoxy) is 1. The van der Waals surface area contributed by atoms with E-state index >= 15 is 0 Å². The van der Waals surface area contributed by atoms with Crippen molar-refractivity contribution in [3.05, 3.63) is 65.7 Å². The lowest BCUT2D eigenvalue weighted by atomic mass is 9.92. The fourth-order valence-electron chi connectivity index (χ4n) is 4.95. The first-order chi connectivity index (χ1) is 15.7. The maximum Gasteiger partial charge on any atom is 0.222 e. The maximum absolute atomic E-state index is 12.9. The van der Waals surface area contributed by atoms with Crippen LogP contribution in [0.15, 0.2) is 54.6 Å². The largest absolute Gasteiger partial charge is 0.496 e. The van der Waals surface area contributed by atoms with E-state index in [1.165, 1.54) is 11.1 Å². The Morgan fingerprint density at radius 2 is 1.56 bits per heavy atom. The molecule has 2 aliphatic heterocycles. The van der Waals surface area contributed by atoms with E-state index in [0.29, 0.717) is 11.8 Å². The van der Waals surface area contributed by atoms with Crippen molar-refractivity contribution in [1.82, 2.24) is 14.7 Å². The van der Waals surface area contributed by atoms with Crippen molar-refractivity contribution >= 4 is 5.91 Å². The number of likely N-dealkylation sites (tertiary alicyclic amines) is 1. The molecule has 0 unspecified atom stereocenters. The van der Waals surface area contributed by atoms with Gasteiger partial charge in [0.05, 0.1) is 7.11 Å². The van der Waals surface area contributed by atoms with Crippen molar-refractivity contribution in [1.29, 1.82) is 0 Å². The molecule has 172 valence electrons. The minimum Gasteiger partial charge on any atom is -0.496 e. The van der Waals surface area contributed by atoms with Gasteiger partial charge in [-0.1, -0.05) is 48.5 Å². The van der Waals surface area contributed by atoms with Crippen LogP contribution in [0.1, 0.15) is 30.4 Å². The summed E-state index contributed by atoms with van der Waals surface area (Å²) in [5.74, 6) is 1.84. The van der Waals surface area contributed by atoms with Crippen LogP contribution in [0.25, 0.3) is 0 Å². The summed E-state index contributed by atoms with van der Waals surface area (Å²) in [6.45, 7) is 7.79. The Balaban J connectivity index is 1.15. The van der Waals surface area contributed by atoms with E-state index in [4.69, 9.17) is 4.74 Å². The minimum absolute atomic E-state index is 0.352. The molecule has 2 saturated heterocycles. The second-order valence-corrected chi connectivity index (χ2v) is 9.19. The highest BCUT2D eigenvalue weighted by atomic mass is 16.5. The van der Waals surface area contributed by atoms with E-state index in [0.717, 1.165) is 83.8 Å². The predicted molar refractivity (Wildman–Crippen MR) is 129 cm³/mol. The van der Waals surface area contributed by atoms with Crippen molar-refractivity contribution in [2.45, 2.75) is 32.2 Å². The Bertz CT molecular complexity index is 841. The molecule has 0 aliphatic carbocycles. The van der Waals surface area contributed by atoms with Gasteiger partial charge in [0.25, 0.3) is 0 Å². The molecule has 0 atom stereocenters. The van der Waals surface area contributed by atoms with Crippen LogP contribution in [0.2, 0.25) is 0 Å². The first-order valence-electron chi connectivity index (χ1n) is 12.1. The molecule has 0 radical (unpaired) electrons. The van der Waals surface area contributed by atoms with Crippen LogP contribution in [-0.4, -0.2) is 73.5 Å². The summed E-state index contributed by atoms with van der Waals surface area (Å²) in [6.07, 6.45) is 4.13. The van der Waals surface area contributed by atoms with E-state index in [1.807, 2.05) is 12.1 Å². The first kappa shape index (κ1) is 22.8. The van der Waals surface area contributed by atoms with Crippen LogP contribution in [0, 0.1) is 5.92 Å². The van der Waals surface area contributed by atoms with Crippen LogP contribution in [0.4, 0.5) is 0 Å². The van der Waals surface area contributed by atoms with Crippen molar-refractivity contribution < 1.29 is 9.53 Å². The molecule has 32 heavy (non-hydrogen) atoms. The molecule has 2 aromatic rings. The highest BCUT2D eigenvalue weighted by molar-refractivity contribution is 5.76. The van der Waals surface area contributed by atoms with Crippen LogP contribution in [0.3, 0.4) is 0 Å². The lowest BCUT2D eigenvalue weighted by Gasteiger charge is -2.37. The number of piperazine rings is 1. The van der Waals surface area contributed by atoms with Crippen molar-refractivity contribution in [2.75, 3.05) is 52.9 Å². The summed E-state index contributed by atoms with van der Waals surface area (Å²) < 4.78 is 5.48. The molecule has 2 fully saturated rings. The molecule has 5 heteroatoms. The average Bonchev–Trinajstić information content (AvgIpc) is 2.85. The quantitative estimate of drug-likeness (QED) is 0.634. The molecule has 0 bridgehead atoms. The standard InChI is InChI=1S/C27H37N3O2/c1-32-26-10-6-5-9-25(26)22-29-17-19-30(20-18-29)27(31)21-24-12-15-28(16-13-24)14-11-23-7-3-2-4-8-23/h2-10,24H,11-22H2,1H3. The molecule has 5 nitrogen and oxygen atoms in total. The average molecular weight is 436 g/mol. The van der Waals surface area contributed by atoms with Gasteiger partial charge >= 0.3 is 0 Å². The third kappa shape index (κ3) is 6.33. The van der Waals surface area contributed by atoms with Crippen molar-refractivity contribution in [3.63, 3.8) is 0 Å². The number of methoxy groups -OCH3 is 1. The number of carbonyl (C=O) groups excluding carboxylic acids is 1. The number of rotatable bonds is 8. The highest BCUT2D eigenvalue weighted by Gasteiger charge is 2.26. The van der Waals surface area contributed by atoms with Gasteiger partial charge in [-0.3, -0.25) is 9.69 Å². The van der Waals surface area contributed by atoms with Gasteiger partial charge in [0.2, 0.25) is 5.91 Å². The fourth-order valence-corrected chi connectivity index (χ4v) is 4.95. The second kappa shape index (κ2) is 11.5. The van der Waals surface area contributed by atoms with E-state index < -0.39 is 0 Å². The van der Waals surface area contributed by atoms with Crippen molar-refractivity contribution in [3.8, 4) is 5.75 Å². The van der Waals surface area contributed by atoms with Gasteiger partial charge in [-0.25, -0.2) is 0 Å². The Labute approximate surface area is 193 Å². The molecule has 0 N–H and O–H groups in total. The van der Waals surface area contributed by atoms with Gasteiger partial charge < -0.3 is 14.5 Å². The number of benzene rings is 2. The Kier molecular flexibility index (Phi) is 8.18. The molecule has 1 amide bonds. The number of hydrogen-bond acceptors (Lipinski definition) is 4. The van der Waals surface area contributed by atoms with Crippen LogP contribution in [0.5, 0.6) is 5.75 Å². The molecule has 2 heterocycles. The molecule has 2 aliphatic rings. The van der Waals surface area contributed by atoms with E-state index in [2.05, 4.69) is 57.2 Å². The van der Waals surface area contributed by atoms with E-state index in [1.54, 1.807) is 7.11 Å². The molecule has 0 saturated carbocycles. The summed E-state index contributed by atoms with van der Waals surface area (Å²) in [7, 11) is 1.73. The third-order valence-electron chi connectivity index (χ3n) is 7.04. The highest BCUT2D eigenvalue weighted by Crippen LogP contribution is 2.23. The Morgan fingerprint density at radius 1 is 0.875 bits per heavy atom. The first-order valence-corrected chi connectivity index (χ1v) is 12.1. The van der Waals surface area contributed by atoms with Crippen LogP contribution < -0.4 is 4.74 Å². The van der Waals surface area contributed by atoms with E-state index in [9.17, 15) is 4.79 Å². The van der Waals surface area contributed by atoms with Crippen LogP contribution in [-0.2, 0) is 17.8 Å². The fraction of sp³-hybridized carbons (Fsp3) is 0.519. The van der Waals surface area contributed by atoms with Gasteiger partial charge in [-0.2, -0.15) is 0 Å². The number of carbonyl (C=O) groups is 1. The minimum atomic E-state index is 0.352. The molecule has 0 spiro atoms. The van der Waals surface area contributed by atoms with Gasteiger partial charge in [-0.05, 0) is 49.9 Å². The second-order valence-electron chi connectivity index (χ2n) is 9.19. The molecular weight excluding hydrogens is 398 g/mol. The predicted octanol–water partition coefficient (Wildman–Crippen LogP) is 3.68. The number of hydrogen-bond donors (Lipinski definition) is 0. The smallest absolute Gasteiger partial charge is 0.222 e. The SMILES string of the molecule is COc1ccccc1CN1CCN(C(=O)CC2CCN(CCc3ccccc3)CC2)CC1. The zero-order valence-corrected chi connectivity index (χ0v) is 19.4.